The SMILES string of the molecule is c1ccc(N2c3cccc4c3[Si]3(c5ccccc5)c5c(cccc5Oc5cc(-c6c7ccccc7c(-c7ccc8oc9cc%10ccccc%10cc9c8c7)c7ccccc67)cc2c53)O4)cc1. The summed E-state index contributed by atoms with van der Waals surface area (Å²) in [5.41, 5.74) is 9.79. The fourth-order valence-corrected chi connectivity index (χ4v) is 17.1. The van der Waals surface area contributed by atoms with E-state index in [2.05, 4.69) is 217 Å². The normalized spacial score (nSPS) is 15.4. The minimum atomic E-state index is -3.04. The van der Waals surface area contributed by atoms with E-state index < -0.39 is 8.07 Å². The van der Waals surface area contributed by atoms with Crippen LogP contribution < -0.4 is 35.1 Å². The van der Waals surface area contributed by atoms with E-state index in [1.165, 1.54) is 64.2 Å². The number of furan rings is 1. The molecule has 0 spiro atoms. The number of hydrogen-bond acceptors (Lipinski definition) is 4. The van der Waals surface area contributed by atoms with Gasteiger partial charge in [0.1, 0.15) is 34.2 Å². The predicted molar refractivity (Wildman–Crippen MR) is 269 cm³/mol. The average Bonchev–Trinajstić information content (AvgIpc) is 3.71. The van der Waals surface area contributed by atoms with Crippen LogP contribution in [0.4, 0.5) is 17.1 Å². The molecule has 5 heteroatoms. The quantitative estimate of drug-likeness (QED) is 0.131. The molecule has 0 radical (unpaired) electrons. The molecule has 0 saturated heterocycles. The number of nitrogens with zero attached hydrogens (tertiary/aromatic N) is 1. The Morgan fingerprint density at radius 3 is 1.60 bits per heavy atom. The number of ether oxygens (including phenoxy) is 2. The van der Waals surface area contributed by atoms with Crippen LogP contribution in [-0.4, -0.2) is 8.07 Å². The monoisotopic (exact) mass is 845 g/mol. The van der Waals surface area contributed by atoms with Crippen molar-refractivity contribution in [3.63, 3.8) is 0 Å². The molecule has 1 aromatic heterocycles. The summed E-state index contributed by atoms with van der Waals surface area (Å²) in [7, 11) is -3.04. The third-order valence-electron chi connectivity index (χ3n) is 14.2. The highest BCUT2D eigenvalue weighted by molar-refractivity contribution is 7.23. The highest BCUT2D eigenvalue weighted by atomic mass is 28.3. The van der Waals surface area contributed by atoms with Crippen molar-refractivity contribution < 1.29 is 13.9 Å². The van der Waals surface area contributed by atoms with Crippen LogP contribution >= 0.6 is 0 Å². The summed E-state index contributed by atoms with van der Waals surface area (Å²) in [5, 5.41) is 14.4. The Kier molecular flexibility index (Phi) is 6.94. The lowest BCUT2D eigenvalue weighted by Gasteiger charge is -2.50. The van der Waals surface area contributed by atoms with Crippen LogP contribution in [-0.2, 0) is 0 Å². The Morgan fingerprint density at radius 2 is 0.892 bits per heavy atom. The highest BCUT2D eigenvalue weighted by Crippen LogP contribution is 2.52. The summed E-state index contributed by atoms with van der Waals surface area (Å²) in [6, 6.07) is 77.1. The molecule has 65 heavy (non-hydrogen) atoms. The van der Waals surface area contributed by atoms with E-state index in [4.69, 9.17) is 13.9 Å². The van der Waals surface area contributed by atoms with Gasteiger partial charge in [-0.2, -0.15) is 0 Å². The molecule has 11 aromatic carbocycles. The molecule has 0 aliphatic carbocycles. The van der Waals surface area contributed by atoms with E-state index >= 15 is 0 Å². The molecular weight excluding hydrogens is 811 g/mol. The standard InChI is InChI=1S/C60H35NO3Si/c1-3-17-40(18-4-1)61-48-25-13-26-51-58(48)65(41-19-5-2-6-20-41)59-49(61)33-39(35-55(59)64-53-28-14-27-52(63-51)60(53)65)57-44-23-11-9-21-42(44)56(43-22-10-12-24-45(43)57)38-29-30-50-46(32-38)47-31-36-15-7-8-16-37(36)34-54(47)62-50/h1-35H. The van der Waals surface area contributed by atoms with Gasteiger partial charge in [0.25, 0.3) is 0 Å². The molecule has 3 aliphatic heterocycles. The summed E-state index contributed by atoms with van der Waals surface area (Å²) >= 11 is 0. The lowest BCUT2D eigenvalue weighted by Crippen LogP contribution is -2.79. The largest absolute Gasteiger partial charge is 0.457 e. The zero-order chi connectivity index (χ0) is 42.4. The van der Waals surface area contributed by atoms with Crippen molar-refractivity contribution in [1.82, 2.24) is 0 Å². The summed E-state index contributed by atoms with van der Waals surface area (Å²) in [6.07, 6.45) is 0. The van der Waals surface area contributed by atoms with Crippen molar-refractivity contribution in [2.24, 2.45) is 0 Å². The van der Waals surface area contributed by atoms with E-state index in [-0.39, 0.29) is 0 Å². The Balaban J connectivity index is 1.04. The fourth-order valence-electron chi connectivity index (χ4n) is 11.7. The van der Waals surface area contributed by atoms with Crippen LogP contribution in [0.3, 0.4) is 0 Å². The van der Waals surface area contributed by atoms with E-state index in [0.29, 0.717) is 0 Å². The summed E-state index contributed by atoms with van der Waals surface area (Å²) in [5.74, 6) is 3.54. The van der Waals surface area contributed by atoms with Crippen LogP contribution in [0.5, 0.6) is 23.0 Å². The third kappa shape index (κ3) is 4.64. The van der Waals surface area contributed by atoms with Gasteiger partial charge in [0, 0.05) is 32.0 Å². The van der Waals surface area contributed by atoms with Crippen molar-refractivity contribution in [3.8, 4) is 45.3 Å². The van der Waals surface area contributed by atoms with E-state index in [9.17, 15) is 0 Å². The van der Waals surface area contributed by atoms with Crippen molar-refractivity contribution in [2.75, 3.05) is 4.90 Å². The molecule has 0 amide bonds. The molecule has 0 bridgehead atoms. The van der Waals surface area contributed by atoms with Crippen LogP contribution in [0.25, 0.3) is 76.5 Å². The van der Waals surface area contributed by atoms with Crippen molar-refractivity contribution in [1.29, 1.82) is 0 Å². The van der Waals surface area contributed by atoms with Gasteiger partial charge in [-0.15, -0.1) is 0 Å². The smallest absolute Gasteiger partial charge is 0.202 e. The van der Waals surface area contributed by atoms with E-state index in [0.717, 1.165) is 73.1 Å². The zero-order valence-corrected chi connectivity index (χ0v) is 35.9. The summed E-state index contributed by atoms with van der Waals surface area (Å²) in [4.78, 5) is 2.45. The third-order valence-corrected chi connectivity index (χ3v) is 19.1. The molecule has 12 aromatic rings. The van der Waals surface area contributed by atoms with Gasteiger partial charge >= 0.3 is 0 Å². The molecule has 15 rings (SSSR count). The van der Waals surface area contributed by atoms with Crippen molar-refractivity contribution >= 4 is 100 Å². The molecular formula is C60H35NO3Si. The molecule has 3 aliphatic rings. The number of rotatable bonds is 4. The Bertz CT molecular complexity index is 3970. The summed E-state index contributed by atoms with van der Waals surface area (Å²) in [6.45, 7) is 0. The number of hydrogen-bond donors (Lipinski definition) is 0. The minimum absolute atomic E-state index is 0.863. The first-order valence-electron chi connectivity index (χ1n) is 22.2. The average molecular weight is 846 g/mol. The van der Waals surface area contributed by atoms with Gasteiger partial charge in [-0.1, -0.05) is 140 Å². The highest BCUT2D eigenvalue weighted by Gasteiger charge is 2.59. The lowest BCUT2D eigenvalue weighted by molar-refractivity contribution is 0.463. The topological polar surface area (TPSA) is 34.8 Å². The fraction of sp³-hybridized carbons (Fsp3) is 0. The Labute approximate surface area is 374 Å². The molecule has 4 heterocycles. The van der Waals surface area contributed by atoms with Crippen molar-refractivity contribution in [3.05, 3.63) is 212 Å². The second kappa shape index (κ2) is 12.9. The first kappa shape index (κ1) is 35.1. The second-order valence-electron chi connectivity index (χ2n) is 17.5. The first-order chi connectivity index (χ1) is 32.2. The number of benzene rings is 11. The molecule has 1 unspecified atom stereocenters. The Morgan fingerprint density at radius 1 is 0.338 bits per heavy atom. The van der Waals surface area contributed by atoms with Gasteiger partial charge in [-0.05, 0) is 133 Å². The van der Waals surface area contributed by atoms with E-state index in [1.54, 1.807) is 0 Å². The Hall–Kier alpha value is -8.38. The van der Waals surface area contributed by atoms with Gasteiger partial charge in [0.2, 0.25) is 8.07 Å². The van der Waals surface area contributed by atoms with Gasteiger partial charge in [-0.3, -0.25) is 0 Å². The lowest BCUT2D eigenvalue weighted by atomic mass is 9.85. The maximum absolute atomic E-state index is 7.27. The molecule has 0 fully saturated rings. The molecule has 4 nitrogen and oxygen atoms in total. The maximum atomic E-state index is 7.27. The van der Waals surface area contributed by atoms with Crippen LogP contribution in [0.2, 0.25) is 0 Å². The van der Waals surface area contributed by atoms with Crippen LogP contribution in [0.1, 0.15) is 0 Å². The molecule has 0 saturated carbocycles. The zero-order valence-electron chi connectivity index (χ0n) is 34.9. The number of fused-ring (bicyclic) bond motifs is 6. The van der Waals surface area contributed by atoms with Crippen LogP contribution in [0, 0.1) is 0 Å². The number of anilines is 3. The van der Waals surface area contributed by atoms with Gasteiger partial charge in [-0.25, -0.2) is 0 Å². The van der Waals surface area contributed by atoms with E-state index in [1.807, 2.05) is 0 Å². The van der Waals surface area contributed by atoms with Crippen LogP contribution in [0.15, 0.2) is 217 Å². The van der Waals surface area contributed by atoms with Gasteiger partial charge in [0.05, 0.1) is 11.4 Å². The molecule has 1 atom stereocenters. The minimum Gasteiger partial charge on any atom is -0.457 e. The van der Waals surface area contributed by atoms with Gasteiger partial charge < -0.3 is 18.8 Å². The van der Waals surface area contributed by atoms with Crippen molar-refractivity contribution in [2.45, 2.75) is 0 Å². The molecule has 0 N–H and O–H groups in total. The first-order valence-corrected chi connectivity index (χ1v) is 24.2. The maximum Gasteiger partial charge on any atom is 0.202 e. The predicted octanol–water partition coefficient (Wildman–Crippen LogP) is 13.8. The second-order valence-corrected chi connectivity index (χ2v) is 21.1. The summed E-state index contributed by atoms with van der Waals surface area (Å²) < 4.78 is 20.7. The molecule has 302 valence electrons. The number of para-hydroxylation sites is 1. The van der Waals surface area contributed by atoms with Gasteiger partial charge in [0.15, 0.2) is 0 Å².